The second kappa shape index (κ2) is 14.6. The summed E-state index contributed by atoms with van der Waals surface area (Å²) in [6.45, 7) is 4.96. The largest absolute Gasteiger partial charge is 0.492 e. The Morgan fingerprint density at radius 1 is 1.05 bits per heavy atom. The fourth-order valence-corrected chi connectivity index (χ4v) is 5.02. The number of aryl methyl sites for hydroxylation is 2. The van der Waals surface area contributed by atoms with Crippen LogP contribution in [0.15, 0.2) is 42.5 Å². The minimum Gasteiger partial charge on any atom is -0.492 e. The Labute approximate surface area is 225 Å². The number of ether oxygens (including phenoxy) is 1. The first kappa shape index (κ1) is 27.7. The number of aromatic nitrogens is 1. The number of amides is 2. The summed E-state index contributed by atoms with van der Waals surface area (Å²) in [6, 6.07) is 12.8. The Morgan fingerprint density at radius 3 is 2.66 bits per heavy atom. The quantitative estimate of drug-likeness (QED) is 0.324. The van der Waals surface area contributed by atoms with Gasteiger partial charge in [0.25, 0.3) is 0 Å². The van der Waals surface area contributed by atoms with Gasteiger partial charge in [-0.2, -0.15) is 0 Å². The Balaban J connectivity index is 1.27. The molecule has 206 valence electrons. The van der Waals surface area contributed by atoms with Gasteiger partial charge in [0, 0.05) is 38.4 Å². The molecule has 2 amide bonds. The minimum atomic E-state index is -0.995. The van der Waals surface area contributed by atoms with Gasteiger partial charge in [-0.25, -0.2) is 14.6 Å². The van der Waals surface area contributed by atoms with Crippen molar-refractivity contribution >= 4 is 17.8 Å². The number of nitrogens with one attached hydrogen (secondary N) is 2. The van der Waals surface area contributed by atoms with Crippen LogP contribution in [0.4, 0.5) is 10.6 Å². The standard InChI is InChI=1S/C29H41N5O4/c35-28(36)26(32-29(37)34-18-6-7-19-34)15-20-33(21-22-38-25-11-2-1-3-12-25)17-5-4-10-24-14-13-23-9-8-16-30-27(23)31-24/h1-3,11-14,26H,4-10,15-22H2,(H,30,31)(H,32,37)(H,35,36). The van der Waals surface area contributed by atoms with E-state index < -0.39 is 12.0 Å². The molecule has 1 fully saturated rings. The lowest BCUT2D eigenvalue weighted by molar-refractivity contribution is -0.139. The first-order chi connectivity index (χ1) is 18.6. The summed E-state index contributed by atoms with van der Waals surface area (Å²) in [7, 11) is 0. The zero-order valence-corrected chi connectivity index (χ0v) is 22.2. The zero-order chi connectivity index (χ0) is 26.6. The van der Waals surface area contributed by atoms with Crippen LogP contribution in [-0.4, -0.2) is 83.8 Å². The third kappa shape index (κ3) is 8.62. The van der Waals surface area contributed by atoms with Crippen LogP contribution in [0.1, 0.15) is 49.8 Å². The molecule has 2 aromatic rings. The van der Waals surface area contributed by atoms with Crippen LogP contribution in [0.5, 0.6) is 5.75 Å². The summed E-state index contributed by atoms with van der Waals surface area (Å²) < 4.78 is 5.90. The second-order valence-electron chi connectivity index (χ2n) is 10.1. The van der Waals surface area contributed by atoms with E-state index in [0.717, 1.165) is 75.3 Å². The topological polar surface area (TPSA) is 107 Å². The summed E-state index contributed by atoms with van der Waals surface area (Å²) in [5, 5.41) is 15.9. The highest BCUT2D eigenvalue weighted by Crippen LogP contribution is 2.20. The fraction of sp³-hybridized carbons (Fsp3) is 0.552. The van der Waals surface area contributed by atoms with Crippen molar-refractivity contribution in [3.05, 3.63) is 53.7 Å². The van der Waals surface area contributed by atoms with Crippen molar-refractivity contribution in [2.24, 2.45) is 0 Å². The average Bonchev–Trinajstić information content (AvgIpc) is 3.48. The highest BCUT2D eigenvalue weighted by atomic mass is 16.5. The van der Waals surface area contributed by atoms with Crippen LogP contribution < -0.4 is 15.4 Å². The maximum absolute atomic E-state index is 12.5. The number of likely N-dealkylation sites (tertiary alicyclic amines) is 1. The molecule has 4 rings (SSSR count). The van der Waals surface area contributed by atoms with Crippen molar-refractivity contribution in [1.82, 2.24) is 20.1 Å². The summed E-state index contributed by atoms with van der Waals surface area (Å²) in [6.07, 6.45) is 7.40. The number of unbranched alkanes of at least 4 members (excludes halogenated alkanes) is 1. The molecule has 0 bridgehead atoms. The molecule has 0 saturated carbocycles. The molecule has 0 radical (unpaired) electrons. The van der Waals surface area contributed by atoms with E-state index in [2.05, 4.69) is 27.7 Å². The highest BCUT2D eigenvalue weighted by Gasteiger charge is 2.25. The molecule has 3 heterocycles. The third-order valence-electron chi connectivity index (χ3n) is 7.25. The molecule has 2 aliphatic rings. The van der Waals surface area contributed by atoms with Gasteiger partial charge in [-0.05, 0) is 81.7 Å². The van der Waals surface area contributed by atoms with Gasteiger partial charge in [0.15, 0.2) is 0 Å². The van der Waals surface area contributed by atoms with Gasteiger partial charge >= 0.3 is 12.0 Å². The monoisotopic (exact) mass is 523 g/mol. The van der Waals surface area contributed by atoms with Crippen LogP contribution in [0.2, 0.25) is 0 Å². The number of fused-ring (bicyclic) bond motifs is 1. The minimum absolute atomic E-state index is 0.277. The second-order valence-corrected chi connectivity index (χ2v) is 10.1. The first-order valence-corrected chi connectivity index (χ1v) is 14.0. The van der Waals surface area contributed by atoms with Crippen LogP contribution in [0.3, 0.4) is 0 Å². The number of pyridine rings is 1. The highest BCUT2D eigenvalue weighted by molar-refractivity contribution is 5.82. The molecular weight excluding hydrogens is 482 g/mol. The van der Waals surface area contributed by atoms with Gasteiger partial charge in [-0.15, -0.1) is 0 Å². The van der Waals surface area contributed by atoms with Gasteiger partial charge in [0.05, 0.1) is 0 Å². The van der Waals surface area contributed by atoms with E-state index >= 15 is 0 Å². The van der Waals surface area contributed by atoms with Gasteiger partial charge < -0.3 is 25.4 Å². The molecule has 1 aromatic heterocycles. The normalized spacial score (nSPS) is 15.6. The number of hydrogen-bond donors (Lipinski definition) is 3. The molecule has 9 heteroatoms. The number of anilines is 1. The predicted molar refractivity (Wildman–Crippen MR) is 148 cm³/mol. The van der Waals surface area contributed by atoms with Crippen LogP contribution >= 0.6 is 0 Å². The molecule has 0 spiro atoms. The molecule has 1 saturated heterocycles. The van der Waals surface area contributed by atoms with Gasteiger partial charge in [0.2, 0.25) is 0 Å². The molecule has 3 N–H and O–H groups in total. The van der Waals surface area contributed by atoms with Crippen molar-refractivity contribution in [3.8, 4) is 5.75 Å². The number of carboxylic acids is 1. The Kier molecular flexibility index (Phi) is 10.6. The molecule has 1 aromatic carbocycles. The molecule has 38 heavy (non-hydrogen) atoms. The molecule has 9 nitrogen and oxygen atoms in total. The maximum atomic E-state index is 12.5. The number of rotatable bonds is 14. The number of carbonyl (C=O) groups excluding carboxylic acids is 1. The maximum Gasteiger partial charge on any atom is 0.326 e. The SMILES string of the molecule is O=C(O)C(CCN(CCCCc1ccc2c(n1)NCCC2)CCOc1ccccc1)NC(=O)N1CCCC1. The molecular formula is C29H41N5O4. The van der Waals surface area contributed by atoms with E-state index in [1.54, 1.807) is 4.90 Å². The number of aliphatic carboxylic acids is 1. The number of hydrogen-bond acceptors (Lipinski definition) is 6. The number of para-hydroxylation sites is 1. The number of carboxylic acid groups (broad SMARTS) is 1. The van der Waals surface area contributed by atoms with E-state index in [0.29, 0.717) is 39.2 Å². The zero-order valence-electron chi connectivity index (χ0n) is 22.2. The number of carbonyl (C=O) groups is 2. The summed E-state index contributed by atoms with van der Waals surface area (Å²) in [4.78, 5) is 33.1. The van der Waals surface area contributed by atoms with Crippen molar-refractivity contribution in [2.75, 3.05) is 51.2 Å². The predicted octanol–water partition coefficient (Wildman–Crippen LogP) is 3.79. The van der Waals surface area contributed by atoms with Gasteiger partial charge in [-0.1, -0.05) is 24.3 Å². The number of nitrogens with zero attached hydrogens (tertiary/aromatic N) is 3. The van der Waals surface area contributed by atoms with Crippen molar-refractivity contribution in [1.29, 1.82) is 0 Å². The van der Waals surface area contributed by atoms with Crippen LogP contribution in [0, 0.1) is 0 Å². The molecule has 1 atom stereocenters. The Hall–Kier alpha value is -3.33. The van der Waals surface area contributed by atoms with E-state index in [1.165, 1.54) is 5.56 Å². The van der Waals surface area contributed by atoms with Gasteiger partial charge in [-0.3, -0.25) is 4.90 Å². The Morgan fingerprint density at radius 2 is 1.87 bits per heavy atom. The number of benzene rings is 1. The molecule has 1 unspecified atom stereocenters. The van der Waals surface area contributed by atoms with E-state index in [9.17, 15) is 14.7 Å². The van der Waals surface area contributed by atoms with E-state index in [4.69, 9.17) is 9.72 Å². The van der Waals surface area contributed by atoms with Crippen molar-refractivity contribution in [2.45, 2.75) is 57.4 Å². The smallest absolute Gasteiger partial charge is 0.326 e. The first-order valence-electron chi connectivity index (χ1n) is 14.0. The summed E-state index contributed by atoms with van der Waals surface area (Å²) >= 11 is 0. The molecule has 0 aliphatic carbocycles. The summed E-state index contributed by atoms with van der Waals surface area (Å²) in [5.41, 5.74) is 2.40. The Bertz CT molecular complexity index is 1030. The average molecular weight is 524 g/mol. The summed E-state index contributed by atoms with van der Waals surface area (Å²) in [5.74, 6) is 0.857. The van der Waals surface area contributed by atoms with E-state index in [-0.39, 0.29) is 6.03 Å². The van der Waals surface area contributed by atoms with Crippen LogP contribution in [-0.2, 0) is 17.6 Å². The molecule has 2 aliphatic heterocycles. The lowest BCUT2D eigenvalue weighted by Gasteiger charge is -2.25. The van der Waals surface area contributed by atoms with Crippen molar-refractivity contribution in [3.63, 3.8) is 0 Å². The van der Waals surface area contributed by atoms with Crippen LogP contribution in [0.25, 0.3) is 0 Å². The fourth-order valence-electron chi connectivity index (χ4n) is 5.02. The number of urea groups is 1. The lowest BCUT2D eigenvalue weighted by Crippen LogP contribution is -2.48. The lowest BCUT2D eigenvalue weighted by atomic mass is 10.1. The van der Waals surface area contributed by atoms with Crippen molar-refractivity contribution < 1.29 is 19.4 Å². The van der Waals surface area contributed by atoms with Gasteiger partial charge in [0.1, 0.15) is 24.2 Å². The van der Waals surface area contributed by atoms with E-state index in [1.807, 2.05) is 30.3 Å². The third-order valence-corrected chi connectivity index (χ3v) is 7.25.